The van der Waals surface area contributed by atoms with E-state index >= 15 is 0 Å². The molecule has 0 aromatic heterocycles. The zero-order valence-corrected chi connectivity index (χ0v) is 8.01. The summed E-state index contributed by atoms with van der Waals surface area (Å²) in [5.74, 6) is 5.74. The Balaban J connectivity index is 2.01. The molecule has 0 spiro atoms. The highest BCUT2D eigenvalue weighted by molar-refractivity contribution is 5.72. The third-order valence-corrected chi connectivity index (χ3v) is 2.69. The van der Waals surface area contributed by atoms with Gasteiger partial charge < -0.3 is 5.32 Å². The maximum absolute atomic E-state index is 10.7. The van der Waals surface area contributed by atoms with Crippen molar-refractivity contribution in [1.82, 2.24) is 10.7 Å². The van der Waals surface area contributed by atoms with Crippen molar-refractivity contribution in [1.29, 1.82) is 0 Å². The maximum atomic E-state index is 10.7. The third kappa shape index (κ3) is 4.12. The van der Waals surface area contributed by atoms with Gasteiger partial charge in [0.25, 0.3) is 0 Å². The largest absolute Gasteiger partial charge is 0.337 e. The Labute approximate surface area is 79.2 Å². The average Bonchev–Trinajstić information content (AvgIpc) is 2.19. The fourth-order valence-electron chi connectivity index (χ4n) is 1.92. The second-order valence-corrected chi connectivity index (χ2v) is 3.69. The summed E-state index contributed by atoms with van der Waals surface area (Å²) in [5, 5.41) is 2.70. The van der Waals surface area contributed by atoms with Crippen molar-refractivity contribution in [3.8, 4) is 0 Å². The summed E-state index contributed by atoms with van der Waals surface area (Å²) >= 11 is 0. The van der Waals surface area contributed by atoms with Gasteiger partial charge in [-0.3, -0.25) is 5.43 Å². The minimum absolute atomic E-state index is 0.282. The molecule has 1 aliphatic carbocycles. The molecule has 4 N–H and O–H groups in total. The van der Waals surface area contributed by atoms with Crippen LogP contribution >= 0.6 is 0 Å². The topological polar surface area (TPSA) is 67.1 Å². The zero-order valence-electron chi connectivity index (χ0n) is 8.01. The number of nitrogens with one attached hydrogen (secondary N) is 2. The highest BCUT2D eigenvalue weighted by Crippen LogP contribution is 2.25. The molecule has 1 aliphatic rings. The Kier molecular flexibility index (Phi) is 4.60. The zero-order chi connectivity index (χ0) is 9.52. The van der Waals surface area contributed by atoms with E-state index < -0.39 is 0 Å². The van der Waals surface area contributed by atoms with Gasteiger partial charge in [0.15, 0.2) is 0 Å². The number of amides is 2. The van der Waals surface area contributed by atoms with Gasteiger partial charge in [0.1, 0.15) is 0 Å². The van der Waals surface area contributed by atoms with Gasteiger partial charge in [-0.05, 0) is 12.3 Å². The van der Waals surface area contributed by atoms with Crippen LogP contribution in [0.2, 0.25) is 0 Å². The first-order valence-electron chi connectivity index (χ1n) is 5.07. The number of hydrogen-bond donors (Lipinski definition) is 3. The van der Waals surface area contributed by atoms with Gasteiger partial charge >= 0.3 is 6.03 Å². The summed E-state index contributed by atoms with van der Waals surface area (Å²) in [6, 6.07) is -0.282. The summed E-state index contributed by atoms with van der Waals surface area (Å²) in [5.41, 5.74) is 2.05. The van der Waals surface area contributed by atoms with Crippen molar-refractivity contribution in [2.75, 3.05) is 6.54 Å². The van der Waals surface area contributed by atoms with Gasteiger partial charge in [-0.15, -0.1) is 0 Å². The molecule has 13 heavy (non-hydrogen) atoms. The predicted octanol–water partition coefficient (Wildman–Crippen LogP) is 1.13. The number of nitrogens with two attached hydrogens (primary N) is 1. The lowest BCUT2D eigenvalue weighted by molar-refractivity contribution is 0.239. The number of urea groups is 1. The third-order valence-electron chi connectivity index (χ3n) is 2.69. The molecule has 0 atom stereocenters. The molecule has 0 heterocycles. The minimum atomic E-state index is -0.282. The van der Waals surface area contributed by atoms with E-state index in [2.05, 4.69) is 10.7 Å². The van der Waals surface area contributed by atoms with E-state index in [9.17, 15) is 4.79 Å². The van der Waals surface area contributed by atoms with Gasteiger partial charge in [-0.1, -0.05) is 32.1 Å². The fourth-order valence-corrected chi connectivity index (χ4v) is 1.92. The second kappa shape index (κ2) is 5.80. The van der Waals surface area contributed by atoms with Crippen molar-refractivity contribution in [3.63, 3.8) is 0 Å². The molecular formula is C9H19N3O. The molecule has 0 radical (unpaired) electrons. The summed E-state index contributed by atoms with van der Waals surface area (Å²) < 4.78 is 0. The smallest absolute Gasteiger partial charge is 0.328 e. The Morgan fingerprint density at radius 1 is 1.31 bits per heavy atom. The number of carbonyl (C=O) groups is 1. The Morgan fingerprint density at radius 2 is 2.00 bits per heavy atom. The number of rotatable bonds is 3. The predicted molar refractivity (Wildman–Crippen MR) is 51.9 cm³/mol. The quantitative estimate of drug-likeness (QED) is 0.350. The van der Waals surface area contributed by atoms with E-state index in [1.807, 2.05) is 0 Å². The van der Waals surface area contributed by atoms with Crippen LogP contribution in [-0.4, -0.2) is 12.6 Å². The molecule has 1 saturated carbocycles. The molecule has 76 valence electrons. The van der Waals surface area contributed by atoms with E-state index in [0.717, 1.165) is 18.9 Å². The highest BCUT2D eigenvalue weighted by Gasteiger charge is 2.12. The minimum Gasteiger partial charge on any atom is -0.337 e. The average molecular weight is 185 g/mol. The van der Waals surface area contributed by atoms with E-state index in [-0.39, 0.29) is 6.03 Å². The molecule has 0 unspecified atom stereocenters. The maximum Gasteiger partial charge on any atom is 0.328 e. The molecule has 0 aromatic carbocycles. The molecule has 0 bridgehead atoms. The van der Waals surface area contributed by atoms with Crippen LogP contribution < -0.4 is 16.6 Å². The Hall–Kier alpha value is -0.770. The van der Waals surface area contributed by atoms with Crippen LogP contribution in [0, 0.1) is 5.92 Å². The van der Waals surface area contributed by atoms with E-state index in [1.54, 1.807) is 0 Å². The molecule has 0 aliphatic heterocycles. The van der Waals surface area contributed by atoms with Crippen molar-refractivity contribution in [3.05, 3.63) is 0 Å². The molecular weight excluding hydrogens is 166 g/mol. The second-order valence-electron chi connectivity index (χ2n) is 3.69. The van der Waals surface area contributed by atoms with Crippen LogP contribution in [0.25, 0.3) is 0 Å². The molecule has 2 amide bonds. The summed E-state index contributed by atoms with van der Waals surface area (Å²) in [6.45, 7) is 0.744. The van der Waals surface area contributed by atoms with Crippen LogP contribution in [0.5, 0.6) is 0 Å². The number of hydrazine groups is 1. The first kappa shape index (κ1) is 10.3. The molecule has 1 rings (SSSR count). The van der Waals surface area contributed by atoms with E-state index in [4.69, 9.17) is 5.84 Å². The Morgan fingerprint density at radius 3 is 2.62 bits per heavy atom. The van der Waals surface area contributed by atoms with E-state index in [0.29, 0.717) is 0 Å². The molecule has 0 aromatic rings. The fraction of sp³-hybridized carbons (Fsp3) is 0.889. The lowest BCUT2D eigenvalue weighted by Gasteiger charge is -2.21. The summed E-state index contributed by atoms with van der Waals surface area (Å²) in [4.78, 5) is 10.7. The van der Waals surface area contributed by atoms with Crippen LogP contribution in [-0.2, 0) is 0 Å². The molecule has 4 nitrogen and oxygen atoms in total. The van der Waals surface area contributed by atoms with Gasteiger partial charge in [-0.25, -0.2) is 10.6 Å². The normalized spacial score (nSPS) is 18.2. The lowest BCUT2D eigenvalue weighted by atomic mass is 9.87. The first-order chi connectivity index (χ1) is 6.33. The Bertz CT molecular complexity index is 155. The molecule has 4 heteroatoms. The molecule has 1 fully saturated rings. The van der Waals surface area contributed by atoms with Crippen LogP contribution in [0.1, 0.15) is 38.5 Å². The lowest BCUT2D eigenvalue weighted by Crippen LogP contribution is -2.40. The van der Waals surface area contributed by atoms with Crippen molar-refractivity contribution >= 4 is 6.03 Å². The van der Waals surface area contributed by atoms with E-state index in [1.165, 1.54) is 32.1 Å². The standard InChI is InChI=1S/C9H19N3O/c10-12-9(13)11-7-6-8-4-2-1-3-5-8/h8H,1-7,10H2,(H2,11,12,13). The van der Waals surface area contributed by atoms with Crippen LogP contribution in [0.3, 0.4) is 0 Å². The SMILES string of the molecule is NNC(=O)NCCC1CCCCC1. The monoisotopic (exact) mass is 185 g/mol. The summed E-state index contributed by atoms with van der Waals surface area (Å²) in [6.07, 6.45) is 7.83. The first-order valence-corrected chi connectivity index (χ1v) is 5.07. The number of hydrogen-bond acceptors (Lipinski definition) is 2. The van der Waals surface area contributed by atoms with Gasteiger partial charge in [0, 0.05) is 6.54 Å². The van der Waals surface area contributed by atoms with Gasteiger partial charge in [-0.2, -0.15) is 0 Å². The van der Waals surface area contributed by atoms with Gasteiger partial charge in [0.2, 0.25) is 0 Å². The van der Waals surface area contributed by atoms with Crippen LogP contribution in [0.4, 0.5) is 4.79 Å². The van der Waals surface area contributed by atoms with Crippen LogP contribution in [0.15, 0.2) is 0 Å². The van der Waals surface area contributed by atoms with Crippen molar-refractivity contribution in [2.45, 2.75) is 38.5 Å². The summed E-state index contributed by atoms with van der Waals surface area (Å²) in [7, 11) is 0. The van der Waals surface area contributed by atoms with Crippen molar-refractivity contribution < 1.29 is 4.79 Å². The number of carbonyl (C=O) groups excluding carboxylic acids is 1. The molecule has 0 saturated heterocycles. The van der Waals surface area contributed by atoms with Gasteiger partial charge in [0.05, 0.1) is 0 Å². The van der Waals surface area contributed by atoms with Crippen molar-refractivity contribution in [2.24, 2.45) is 11.8 Å². The highest BCUT2D eigenvalue weighted by atomic mass is 16.2.